The molecule has 0 saturated carbocycles. The minimum atomic E-state index is -3.22. The zero-order valence-electron chi connectivity index (χ0n) is 16.4. The Bertz CT molecular complexity index is 644. The summed E-state index contributed by atoms with van der Waals surface area (Å²) in [6.45, 7) is 9.98. The number of hydrogen-bond acceptors (Lipinski definition) is 3. The minimum Gasteiger partial charge on any atom is -0.356 e. The third-order valence-corrected chi connectivity index (χ3v) is 6.22. The lowest BCUT2D eigenvalue weighted by atomic mass is 10.0. The number of hydrogen-bond donors (Lipinski definition) is 2. The van der Waals surface area contributed by atoms with Crippen molar-refractivity contribution in [3.8, 4) is 0 Å². The van der Waals surface area contributed by atoms with E-state index in [0.29, 0.717) is 31.5 Å². The van der Waals surface area contributed by atoms with Crippen molar-refractivity contribution in [1.82, 2.24) is 14.9 Å². The maximum atomic E-state index is 12.2. The van der Waals surface area contributed by atoms with Gasteiger partial charge in [-0.25, -0.2) is 12.7 Å². The molecule has 1 rings (SSSR count). The highest BCUT2D eigenvalue weighted by Crippen LogP contribution is 2.14. The number of nitrogens with zero attached hydrogens (tertiary/aromatic N) is 2. The van der Waals surface area contributed by atoms with Crippen LogP contribution in [0.5, 0.6) is 0 Å². The van der Waals surface area contributed by atoms with Gasteiger partial charge in [0.25, 0.3) is 0 Å². The largest absolute Gasteiger partial charge is 0.356 e. The van der Waals surface area contributed by atoms with Gasteiger partial charge in [0, 0.05) is 33.2 Å². The molecule has 0 fully saturated rings. The molecule has 2 N–H and O–H groups in total. The van der Waals surface area contributed by atoms with Crippen LogP contribution in [0.4, 0.5) is 0 Å². The van der Waals surface area contributed by atoms with Gasteiger partial charge in [0.05, 0.1) is 5.75 Å². The normalized spacial score (nSPS) is 13.2. The van der Waals surface area contributed by atoms with E-state index in [-0.39, 0.29) is 29.7 Å². The molecule has 8 heteroatoms. The van der Waals surface area contributed by atoms with Crippen molar-refractivity contribution in [3.63, 3.8) is 0 Å². The summed E-state index contributed by atoms with van der Waals surface area (Å²) in [5, 5.41) is 6.33. The van der Waals surface area contributed by atoms with Crippen LogP contribution in [0.15, 0.2) is 29.3 Å². The molecule has 1 unspecified atom stereocenters. The lowest BCUT2D eigenvalue weighted by molar-refractivity contribution is 0.445. The Morgan fingerprint density at radius 3 is 2.23 bits per heavy atom. The van der Waals surface area contributed by atoms with Gasteiger partial charge >= 0.3 is 0 Å². The van der Waals surface area contributed by atoms with Crippen LogP contribution in [-0.2, 0) is 10.0 Å². The van der Waals surface area contributed by atoms with Crippen LogP contribution in [0.1, 0.15) is 37.8 Å². The summed E-state index contributed by atoms with van der Waals surface area (Å²) in [6.07, 6.45) is 0. The number of nitrogens with one attached hydrogen (secondary N) is 2. The predicted octanol–water partition coefficient (Wildman–Crippen LogP) is 2.55. The van der Waals surface area contributed by atoms with E-state index in [4.69, 9.17) is 0 Å². The molecule has 0 spiro atoms. The Morgan fingerprint density at radius 1 is 1.15 bits per heavy atom. The van der Waals surface area contributed by atoms with E-state index in [0.717, 1.165) is 6.54 Å². The zero-order chi connectivity index (χ0) is 18.9. The molecule has 0 aromatic heterocycles. The van der Waals surface area contributed by atoms with Crippen molar-refractivity contribution in [2.24, 2.45) is 4.99 Å². The predicted molar refractivity (Wildman–Crippen MR) is 121 cm³/mol. The molecular formula is C18H33IN4O2S. The highest BCUT2D eigenvalue weighted by molar-refractivity contribution is 14.0. The summed E-state index contributed by atoms with van der Waals surface area (Å²) < 4.78 is 25.8. The molecule has 1 aromatic carbocycles. The van der Waals surface area contributed by atoms with Crippen LogP contribution < -0.4 is 10.6 Å². The number of aliphatic imine (C=N–C) groups is 1. The summed E-state index contributed by atoms with van der Waals surface area (Å²) in [7, 11) is -1.53. The summed E-state index contributed by atoms with van der Waals surface area (Å²) in [4.78, 5) is 4.16. The lowest BCUT2D eigenvalue weighted by Gasteiger charge is -2.20. The number of halogens is 1. The number of rotatable bonds is 9. The molecule has 1 atom stereocenters. The van der Waals surface area contributed by atoms with Crippen molar-refractivity contribution >= 4 is 40.0 Å². The van der Waals surface area contributed by atoms with Crippen LogP contribution in [0.2, 0.25) is 0 Å². The third kappa shape index (κ3) is 8.22. The van der Waals surface area contributed by atoms with Gasteiger partial charge in [0.2, 0.25) is 10.0 Å². The fraction of sp³-hybridized carbons (Fsp3) is 0.611. The van der Waals surface area contributed by atoms with E-state index in [1.165, 1.54) is 15.4 Å². The molecule has 0 saturated heterocycles. The quantitative estimate of drug-likeness (QED) is 0.313. The molecule has 1 aromatic rings. The molecule has 0 aliphatic rings. The monoisotopic (exact) mass is 496 g/mol. The van der Waals surface area contributed by atoms with Crippen molar-refractivity contribution in [1.29, 1.82) is 0 Å². The Morgan fingerprint density at radius 2 is 1.73 bits per heavy atom. The average molecular weight is 496 g/mol. The SMILES string of the molecule is CCN(CC)S(=O)(=O)CCNC(=NC)NCC(C)c1ccc(C)cc1.I. The van der Waals surface area contributed by atoms with Gasteiger partial charge < -0.3 is 10.6 Å². The molecule has 150 valence electrons. The molecule has 0 bridgehead atoms. The maximum absolute atomic E-state index is 12.2. The standard InChI is InChI=1S/C18H32N4O2S.HI/c1-6-22(7-2)25(23,24)13-12-20-18(19-5)21-14-16(4)17-10-8-15(3)9-11-17;/h8-11,16H,6-7,12-14H2,1-5H3,(H2,19,20,21);1H. The van der Waals surface area contributed by atoms with Gasteiger partial charge in [-0.3, -0.25) is 4.99 Å². The highest BCUT2D eigenvalue weighted by atomic mass is 127. The van der Waals surface area contributed by atoms with Crippen LogP contribution in [0.3, 0.4) is 0 Å². The van der Waals surface area contributed by atoms with E-state index in [9.17, 15) is 8.42 Å². The molecular weight excluding hydrogens is 463 g/mol. The fourth-order valence-electron chi connectivity index (χ4n) is 2.53. The second-order valence-corrected chi connectivity index (χ2v) is 8.18. The molecule has 0 aliphatic heterocycles. The van der Waals surface area contributed by atoms with E-state index in [1.807, 2.05) is 13.8 Å². The lowest BCUT2D eigenvalue weighted by Crippen LogP contribution is -2.43. The number of sulfonamides is 1. The van der Waals surface area contributed by atoms with Crippen LogP contribution in [0, 0.1) is 6.92 Å². The van der Waals surface area contributed by atoms with Gasteiger partial charge in [-0.15, -0.1) is 24.0 Å². The second-order valence-electron chi connectivity index (χ2n) is 6.09. The molecule has 0 heterocycles. The smallest absolute Gasteiger partial charge is 0.215 e. The van der Waals surface area contributed by atoms with Crippen LogP contribution >= 0.6 is 24.0 Å². The zero-order valence-corrected chi connectivity index (χ0v) is 19.6. The van der Waals surface area contributed by atoms with Crippen molar-refractivity contribution < 1.29 is 8.42 Å². The van der Waals surface area contributed by atoms with E-state index < -0.39 is 10.0 Å². The first-order valence-corrected chi connectivity index (χ1v) is 10.4. The minimum absolute atomic E-state index is 0. The van der Waals surface area contributed by atoms with Crippen molar-refractivity contribution in [2.45, 2.75) is 33.6 Å². The Balaban J connectivity index is 0.00000625. The number of benzene rings is 1. The van der Waals surface area contributed by atoms with E-state index in [1.54, 1.807) is 7.05 Å². The molecule has 0 radical (unpaired) electrons. The van der Waals surface area contributed by atoms with E-state index in [2.05, 4.69) is 53.7 Å². The molecule has 6 nitrogen and oxygen atoms in total. The molecule has 26 heavy (non-hydrogen) atoms. The third-order valence-electron chi connectivity index (χ3n) is 4.20. The highest BCUT2D eigenvalue weighted by Gasteiger charge is 2.18. The van der Waals surface area contributed by atoms with Gasteiger partial charge in [0.15, 0.2) is 5.96 Å². The summed E-state index contributed by atoms with van der Waals surface area (Å²) in [6, 6.07) is 8.48. The van der Waals surface area contributed by atoms with Crippen LogP contribution in [-0.4, -0.2) is 57.7 Å². The Labute approximate surface area is 175 Å². The Kier molecular flexibility index (Phi) is 12.1. The maximum Gasteiger partial charge on any atom is 0.215 e. The van der Waals surface area contributed by atoms with Gasteiger partial charge in [0.1, 0.15) is 0 Å². The van der Waals surface area contributed by atoms with E-state index >= 15 is 0 Å². The first kappa shape index (κ1) is 25.1. The summed E-state index contributed by atoms with van der Waals surface area (Å²) >= 11 is 0. The number of aryl methyl sites for hydroxylation is 1. The van der Waals surface area contributed by atoms with Gasteiger partial charge in [-0.05, 0) is 18.4 Å². The summed E-state index contributed by atoms with van der Waals surface area (Å²) in [5.41, 5.74) is 2.51. The molecule has 0 aliphatic carbocycles. The van der Waals surface area contributed by atoms with Crippen molar-refractivity contribution in [3.05, 3.63) is 35.4 Å². The van der Waals surface area contributed by atoms with Crippen molar-refractivity contribution in [2.75, 3.05) is 39.0 Å². The number of guanidine groups is 1. The summed E-state index contributed by atoms with van der Waals surface area (Å²) in [5.74, 6) is 1.01. The second kappa shape index (κ2) is 12.5. The van der Waals surface area contributed by atoms with Gasteiger partial charge in [-0.2, -0.15) is 0 Å². The van der Waals surface area contributed by atoms with Gasteiger partial charge in [-0.1, -0.05) is 50.6 Å². The average Bonchev–Trinajstić information content (AvgIpc) is 2.59. The van der Waals surface area contributed by atoms with Crippen LogP contribution in [0.25, 0.3) is 0 Å². The first-order valence-electron chi connectivity index (χ1n) is 8.82. The topological polar surface area (TPSA) is 73.8 Å². The fourth-order valence-corrected chi connectivity index (χ4v) is 3.93. The first-order chi connectivity index (χ1) is 11.8. The molecule has 0 amide bonds. The Hall–Kier alpha value is -0.870.